The summed E-state index contributed by atoms with van der Waals surface area (Å²) in [7, 11) is 0. The lowest BCUT2D eigenvalue weighted by molar-refractivity contribution is 0.630. The van der Waals surface area contributed by atoms with Gasteiger partial charge in [-0.1, -0.05) is 15.9 Å². The fourth-order valence-corrected chi connectivity index (χ4v) is 2.29. The minimum Gasteiger partial charge on any atom is -0.341 e. The lowest BCUT2D eigenvalue weighted by Gasteiger charge is -2.02. The van der Waals surface area contributed by atoms with E-state index < -0.39 is 5.41 Å². The molecule has 1 saturated carbocycles. The van der Waals surface area contributed by atoms with Crippen LogP contribution in [0.25, 0.3) is 11.3 Å². The lowest BCUT2D eigenvalue weighted by atomic mass is 10.1. The molecular formula is C13H9BrFN3. The summed E-state index contributed by atoms with van der Waals surface area (Å²) in [6.07, 6.45) is 3.21. The van der Waals surface area contributed by atoms with E-state index in [1.165, 1.54) is 6.07 Å². The molecule has 0 atom stereocenters. The van der Waals surface area contributed by atoms with Gasteiger partial charge in [-0.3, -0.25) is 0 Å². The van der Waals surface area contributed by atoms with Crippen LogP contribution in [0.5, 0.6) is 0 Å². The first kappa shape index (κ1) is 11.4. The van der Waals surface area contributed by atoms with Crippen molar-refractivity contribution in [2.45, 2.75) is 18.3 Å². The van der Waals surface area contributed by atoms with Crippen LogP contribution in [0.2, 0.25) is 0 Å². The van der Waals surface area contributed by atoms with E-state index in [4.69, 9.17) is 5.26 Å². The molecule has 90 valence electrons. The normalized spacial score (nSPS) is 16.3. The Kier molecular flexibility index (Phi) is 2.49. The second-order valence-electron chi connectivity index (χ2n) is 4.46. The first-order chi connectivity index (χ1) is 8.64. The highest BCUT2D eigenvalue weighted by Gasteiger charge is 2.47. The van der Waals surface area contributed by atoms with Crippen LogP contribution in [0, 0.1) is 17.1 Å². The Morgan fingerprint density at radius 2 is 2.22 bits per heavy atom. The van der Waals surface area contributed by atoms with Crippen LogP contribution in [-0.2, 0) is 5.41 Å². The van der Waals surface area contributed by atoms with E-state index in [2.05, 4.69) is 32.0 Å². The van der Waals surface area contributed by atoms with Crippen LogP contribution in [0.15, 0.2) is 28.9 Å². The lowest BCUT2D eigenvalue weighted by Crippen LogP contribution is -2.04. The van der Waals surface area contributed by atoms with Crippen molar-refractivity contribution in [3.63, 3.8) is 0 Å². The number of nitrogens with one attached hydrogen (secondary N) is 1. The second-order valence-corrected chi connectivity index (χ2v) is 5.38. The summed E-state index contributed by atoms with van der Waals surface area (Å²) < 4.78 is 14.5. The molecule has 1 aromatic carbocycles. The van der Waals surface area contributed by atoms with Gasteiger partial charge in [0.05, 0.1) is 18.0 Å². The first-order valence-corrected chi connectivity index (χ1v) is 6.36. The maximum absolute atomic E-state index is 13.7. The Morgan fingerprint density at radius 3 is 2.89 bits per heavy atom. The number of aromatic amines is 1. The zero-order chi connectivity index (χ0) is 12.8. The van der Waals surface area contributed by atoms with E-state index in [9.17, 15) is 4.39 Å². The standard InChI is InChI=1S/C13H9BrFN3/c14-8-1-2-10(15)9(5-8)11-6-17-12(18-11)13(7-16)3-4-13/h1-2,5-6H,3-4H2,(H,17,18). The fraction of sp³-hybridized carbons (Fsp3) is 0.231. The second kappa shape index (κ2) is 3.92. The molecule has 1 aromatic heterocycles. The zero-order valence-electron chi connectivity index (χ0n) is 9.37. The minimum absolute atomic E-state index is 0.310. The number of nitrogens with zero attached hydrogens (tertiary/aromatic N) is 2. The van der Waals surface area contributed by atoms with Crippen molar-refractivity contribution >= 4 is 15.9 Å². The van der Waals surface area contributed by atoms with Crippen molar-refractivity contribution in [1.82, 2.24) is 9.97 Å². The summed E-state index contributed by atoms with van der Waals surface area (Å²) in [5.41, 5.74) is 0.586. The van der Waals surface area contributed by atoms with Crippen LogP contribution < -0.4 is 0 Å². The third-order valence-corrected chi connectivity index (χ3v) is 3.70. The molecule has 1 aliphatic carbocycles. The van der Waals surface area contributed by atoms with Gasteiger partial charge in [-0.15, -0.1) is 0 Å². The number of halogens is 2. The topological polar surface area (TPSA) is 52.5 Å². The summed E-state index contributed by atoms with van der Waals surface area (Å²) >= 11 is 3.31. The van der Waals surface area contributed by atoms with Gasteiger partial charge in [0.2, 0.25) is 0 Å². The number of hydrogen-bond acceptors (Lipinski definition) is 2. The van der Waals surface area contributed by atoms with E-state index >= 15 is 0 Å². The summed E-state index contributed by atoms with van der Waals surface area (Å²) in [5.74, 6) is 0.328. The molecule has 1 fully saturated rings. The monoisotopic (exact) mass is 305 g/mol. The Hall–Kier alpha value is -1.67. The van der Waals surface area contributed by atoms with Crippen LogP contribution in [0.3, 0.4) is 0 Å². The molecule has 1 N–H and O–H groups in total. The smallest absolute Gasteiger partial charge is 0.132 e. The summed E-state index contributed by atoms with van der Waals surface area (Å²) in [6, 6.07) is 7.00. The Labute approximate surface area is 112 Å². The largest absolute Gasteiger partial charge is 0.341 e. The predicted octanol–water partition coefficient (Wildman–Crippen LogP) is 3.53. The van der Waals surface area contributed by atoms with E-state index in [-0.39, 0.29) is 5.82 Å². The Bertz CT molecular complexity index is 652. The van der Waals surface area contributed by atoms with Gasteiger partial charge in [0.15, 0.2) is 0 Å². The molecule has 0 spiro atoms. The van der Waals surface area contributed by atoms with E-state index in [0.29, 0.717) is 17.1 Å². The van der Waals surface area contributed by atoms with Crippen LogP contribution in [0.4, 0.5) is 4.39 Å². The Balaban J connectivity index is 2.04. The van der Waals surface area contributed by atoms with Crippen LogP contribution >= 0.6 is 15.9 Å². The summed E-state index contributed by atoms with van der Waals surface area (Å²) in [5, 5.41) is 9.10. The number of aromatic nitrogens is 2. The number of rotatable bonds is 2. The van der Waals surface area contributed by atoms with E-state index in [1.807, 2.05) is 0 Å². The molecule has 0 unspecified atom stereocenters. The molecule has 2 aromatic rings. The number of nitriles is 1. The van der Waals surface area contributed by atoms with Gasteiger partial charge in [0.1, 0.15) is 17.1 Å². The SMILES string of the molecule is N#CC1(c2ncc(-c3cc(Br)ccc3F)[nH]2)CC1. The third-order valence-electron chi connectivity index (χ3n) is 3.21. The van der Waals surface area contributed by atoms with Gasteiger partial charge >= 0.3 is 0 Å². The van der Waals surface area contributed by atoms with Gasteiger partial charge in [-0.05, 0) is 31.0 Å². The average Bonchev–Trinajstić information content (AvgIpc) is 3.02. The minimum atomic E-state index is -0.471. The maximum Gasteiger partial charge on any atom is 0.132 e. The van der Waals surface area contributed by atoms with E-state index in [1.54, 1.807) is 18.3 Å². The molecule has 3 nitrogen and oxygen atoms in total. The van der Waals surface area contributed by atoms with E-state index in [0.717, 1.165) is 17.3 Å². The third kappa shape index (κ3) is 1.73. The van der Waals surface area contributed by atoms with Crippen molar-refractivity contribution in [3.05, 3.63) is 40.5 Å². The number of H-pyrrole nitrogens is 1. The zero-order valence-corrected chi connectivity index (χ0v) is 11.0. The van der Waals surface area contributed by atoms with Crippen LogP contribution in [-0.4, -0.2) is 9.97 Å². The molecule has 0 aliphatic heterocycles. The average molecular weight is 306 g/mol. The van der Waals surface area contributed by atoms with Crippen molar-refractivity contribution in [1.29, 1.82) is 5.26 Å². The van der Waals surface area contributed by atoms with Crippen molar-refractivity contribution in [3.8, 4) is 17.3 Å². The molecule has 0 saturated heterocycles. The molecule has 0 amide bonds. The predicted molar refractivity (Wildman–Crippen MR) is 68.2 cm³/mol. The maximum atomic E-state index is 13.7. The van der Waals surface area contributed by atoms with Gasteiger partial charge in [0, 0.05) is 10.0 Å². The van der Waals surface area contributed by atoms with Gasteiger partial charge in [-0.25, -0.2) is 9.37 Å². The number of imidazole rings is 1. The van der Waals surface area contributed by atoms with Crippen LogP contribution in [0.1, 0.15) is 18.7 Å². The fourth-order valence-electron chi connectivity index (χ4n) is 1.93. The van der Waals surface area contributed by atoms with Gasteiger partial charge in [-0.2, -0.15) is 5.26 Å². The number of hydrogen-bond donors (Lipinski definition) is 1. The van der Waals surface area contributed by atoms with Crippen molar-refractivity contribution in [2.24, 2.45) is 0 Å². The molecule has 0 radical (unpaired) electrons. The highest BCUT2D eigenvalue weighted by molar-refractivity contribution is 9.10. The molecule has 5 heteroatoms. The molecule has 18 heavy (non-hydrogen) atoms. The summed E-state index contributed by atoms with van der Waals surface area (Å²) in [6.45, 7) is 0. The number of benzene rings is 1. The highest BCUT2D eigenvalue weighted by atomic mass is 79.9. The molecular weight excluding hydrogens is 297 g/mol. The van der Waals surface area contributed by atoms with Crippen molar-refractivity contribution in [2.75, 3.05) is 0 Å². The quantitative estimate of drug-likeness (QED) is 0.922. The molecule has 1 heterocycles. The first-order valence-electron chi connectivity index (χ1n) is 5.57. The highest BCUT2D eigenvalue weighted by Crippen LogP contribution is 2.46. The van der Waals surface area contributed by atoms with Gasteiger partial charge in [0.25, 0.3) is 0 Å². The molecule has 3 rings (SSSR count). The van der Waals surface area contributed by atoms with Crippen molar-refractivity contribution < 1.29 is 4.39 Å². The Morgan fingerprint density at radius 1 is 1.44 bits per heavy atom. The molecule has 1 aliphatic rings. The van der Waals surface area contributed by atoms with Gasteiger partial charge < -0.3 is 4.98 Å². The molecule has 0 bridgehead atoms. The summed E-state index contributed by atoms with van der Waals surface area (Å²) in [4.78, 5) is 7.27.